The van der Waals surface area contributed by atoms with Crippen molar-refractivity contribution in [3.05, 3.63) is 46.8 Å². The maximum absolute atomic E-state index is 13.4. The van der Waals surface area contributed by atoms with Crippen molar-refractivity contribution in [3.8, 4) is 0 Å². The number of hydrogen-bond acceptors (Lipinski definition) is 4. The van der Waals surface area contributed by atoms with Crippen molar-refractivity contribution in [3.63, 3.8) is 0 Å². The molecule has 0 saturated carbocycles. The number of rotatable bonds is 5. The van der Waals surface area contributed by atoms with Crippen LogP contribution in [0, 0.1) is 15.9 Å². The van der Waals surface area contributed by atoms with Crippen LogP contribution in [-0.2, 0) is 10.0 Å². The molecule has 0 aliphatic heterocycles. The molecule has 17 heavy (non-hydrogen) atoms. The van der Waals surface area contributed by atoms with Crippen molar-refractivity contribution in [2.75, 3.05) is 6.54 Å². The van der Waals surface area contributed by atoms with Crippen LogP contribution in [-0.4, -0.2) is 19.9 Å². The van der Waals surface area contributed by atoms with Crippen molar-refractivity contribution in [2.24, 2.45) is 0 Å². The minimum Gasteiger partial charge on any atom is -0.258 e. The lowest BCUT2D eigenvalue weighted by Gasteiger charge is -2.05. The molecule has 0 aromatic heterocycles. The number of sulfonamides is 1. The van der Waals surface area contributed by atoms with Gasteiger partial charge in [0.25, 0.3) is 5.69 Å². The second-order valence-electron chi connectivity index (χ2n) is 3.01. The zero-order chi connectivity index (χ0) is 13.1. The summed E-state index contributed by atoms with van der Waals surface area (Å²) in [7, 11) is -4.01. The summed E-state index contributed by atoms with van der Waals surface area (Å²) in [4.78, 5) is 8.90. The zero-order valence-corrected chi connectivity index (χ0v) is 9.41. The standard InChI is InChI=1S/C9H9FN2O4S/c1-2-5-11-17(15,16)9-4-3-7(12(13)14)6-8(9)10/h2-4,6,11H,1,5H2. The number of benzene rings is 1. The van der Waals surface area contributed by atoms with Gasteiger partial charge in [0, 0.05) is 12.6 Å². The number of hydrogen-bond donors (Lipinski definition) is 1. The minimum atomic E-state index is -4.01. The first-order valence-electron chi connectivity index (χ1n) is 4.43. The summed E-state index contributed by atoms with van der Waals surface area (Å²) in [5.41, 5.74) is -0.509. The maximum Gasteiger partial charge on any atom is 0.272 e. The first kappa shape index (κ1) is 13.3. The lowest BCUT2D eigenvalue weighted by molar-refractivity contribution is -0.385. The van der Waals surface area contributed by atoms with Gasteiger partial charge >= 0.3 is 0 Å². The Kier molecular flexibility index (Phi) is 3.92. The summed E-state index contributed by atoms with van der Waals surface area (Å²) in [6.45, 7) is 3.25. The van der Waals surface area contributed by atoms with Gasteiger partial charge in [-0.3, -0.25) is 10.1 Å². The third-order valence-corrected chi connectivity index (χ3v) is 3.29. The van der Waals surface area contributed by atoms with Crippen LogP contribution in [0.4, 0.5) is 10.1 Å². The predicted molar refractivity (Wildman–Crippen MR) is 58.4 cm³/mol. The van der Waals surface area contributed by atoms with Crippen molar-refractivity contribution in [1.29, 1.82) is 0 Å². The number of nitrogens with one attached hydrogen (secondary N) is 1. The molecule has 0 aliphatic carbocycles. The van der Waals surface area contributed by atoms with E-state index in [1.54, 1.807) is 0 Å². The minimum absolute atomic E-state index is 0.0568. The van der Waals surface area contributed by atoms with Crippen LogP contribution in [0.25, 0.3) is 0 Å². The molecule has 0 saturated heterocycles. The van der Waals surface area contributed by atoms with E-state index in [4.69, 9.17) is 0 Å². The highest BCUT2D eigenvalue weighted by atomic mass is 32.2. The molecule has 0 fully saturated rings. The average molecular weight is 260 g/mol. The Morgan fingerprint density at radius 1 is 1.53 bits per heavy atom. The summed E-state index contributed by atoms with van der Waals surface area (Å²) < 4.78 is 38.5. The Balaban J connectivity index is 3.16. The molecule has 1 N–H and O–H groups in total. The molecule has 0 bridgehead atoms. The zero-order valence-electron chi connectivity index (χ0n) is 8.59. The molecule has 1 aromatic carbocycles. The van der Waals surface area contributed by atoms with Gasteiger partial charge in [0.1, 0.15) is 10.7 Å². The summed E-state index contributed by atoms with van der Waals surface area (Å²) >= 11 is 0. The van der Waals surface area contributed by atoms with Gasteiger partial charge in [-0.1, -0.05) is 6.08 Å². The normalized spacial score (nSPS) is 11.1. The molecule has 0 spiro atoms. The topological polar surface area (TPSA) is 89.3 Å². The first-order chi connectivity index (χ1) is 7.88. The summed E-state index contributed by atoms with van der Waals surface area (Å²) in [5, 5.41) is 10.3. The molecule has 8 heteroatoms. The van der Waals surface area contributed by atoms with E-state index >= 15 is 0 Å². The second kappa shape index (κ2) is 5.02. The molecular formula is C9H9FN2O4S. The second-order valence-corrected chi connectivity index (χ2v) is 4.75. The van der Waals surface area contributed by atoms with Gasteiger partial charge in [-0.25, -0.2) is 17.5 Å². The fraction of sp³-hybridized carbons (Fsp3) is 0.111. The lowest BCUT2D eigenvalue weighted by atomic mass is 10.3. The summed E-state index contributed by atoms with van der Waals surface area (Å²) in [5.74, 6) is -1.17. The Hall–Kier alpha value is -1.80. The molecule has 0 unspecified atom stereocenters. The first-order valence-corrected chi connectivity index (χ1v) is 5.91. The van der Waals surface area contributed by atoms with Gasteiger partial charge in [0.15, 0.2) is 0 Å². The van der Waals surface area contributed by atoms with E-state index in [0.29, 0.717) is 6.07 Å². The van der Waals surface area contributed by atoms with Crippen LogP contribution < -0.4 is 4.72 Å². The molecule has 1 rings (SSSR count). The number of non-ortho nitro benzene ring substituents is 1. The number of nitrogens with zero attached hydrogens (tertiary/aromatic N) is 1. The Bertz CT molecular complexity index is 556. The van der Waals surface area contributed by atoms with Gasteiger partial charge < -0.3 is 0 Å². The molecular weight excluding hydrogens is 251 g/mol. The summed E-state index contributed by atoms with van der Waals surface area (Å²) in [6, 6.07) is 2.33. The quantitative estimate of drug-likeness (QED) is 0.489. The monoisotopic (exact) mass is 260 g/mol. The number of halogens is 1. The Labute approximate surface area is 97.0 Å². The molecule has 6 nitrogen and oxygen atoms in total. The van der Waals surface area contributed by atoms with E-state index < -0.39 is 31.3 Å². The molecule has 0 radical (unpaired) electrons. The molecule has 0 atom stereocenters. The van der Waals surface area contributed by atoms with Crippen molar-refractivity contribution < 1.29 is 17.7 Å². The third kappa shape index (κ3) is 3.08. The van der Waals surface area contributed by atoms with Crippen LogP contribution in [0.3, 0.4) is 0 Å². The molecule has 0 heterocycles. The predicted octanol–water partition coefficient (Wildman–Crippen LogP) is 1.20. The maximum atomic E-state index is 13.4. The van der Waals surface area contributed by atoms with Crippen LogP contribution in [0.15, 0.2) is 35.7 Å². The largest absolute Gasteiger partial charge is 0.272 e. The smallest absolute Gasteiger partial charge is 0.258 e. The van der Waals surface area contributed by atoms with Crippen LogP contribution in [0.5, 0.6) is 0 Å². The van der Waals surface area contributed by atoms with E-state index in [1.807, 2.05) is 0 Å². The van der Waals surface area contributed by atoms with Crippen molar-refractivity contribution >= 4 is 15.7 Å². The highest BCUT2D eigenvalue weighted by molar-refractivity contribution is 7.89. The van der Waals surface area contributed by atoms with E-state index in [0.717, 1.165) is 12.1 Å². The molecule has 1 aromatic rings. The van der Waals surface area contributed by atoms with Crippen molar-refractivity contribution in [1.82, 2.24) is 4.72 Å². The van der Waals surface area contributed by atoms with Gasteiger partial charge in [-0.15, -0.1) is 6.58 Å². The van der Waals surface area contributed by atoms with Crippen LogP contribution >= 0.6 is 0 Å². The van der Waals surface area contributed by atoms with E-state index in [-0.39, 0.29) is 6.54 Å². The fourth-order valence-electron chi connectivity index (χ4n) is 1.07. The van der Waals surface area contributed by atoms with E-state index in [1.165, 1.54) is 6.08 Å². The van der Waals surface area contributed by atoms with Crippen LogP contribution in [0.2, 0.25) is 0 Å². The Morgan fingerprint density at radius 3 is 2.65 bits per heavy atom. The summed E-state index contributed by atoms with van der Waals surface area (Å²) in [6.07, 6.45) is 1.29. The SMILES string of the molecule is C=CCNS(=O)(=O)c1ccc([N+](=O)[O-])cc1F. The molecule has 92 valence electrons. The highest BCUT2D eigenvalue weighted by Crippen LogP contribution is 2.20. The van der Waals surface area contributed by atoms with Crippen LogP contribution in [0.1, 0.15) is 0 Å². The van der Waals surface area contributed by atoms with Crippen molar-refractivity contribution in [2.45, 2.75) is 4.90 Å². The molecule has 0 amide bonds. The van der Waals surface area contributed by atoms with Gasteiger partial charge in [-0.2, -0.15) is 0 Å². The van der Waals surface area contributed by atoms with E-state index in [9.17, 15) is 22.9 Å². The van der Waals surface area contributed by atoms with E-state index in [2.05, 4.69) is 11.3 Å². The number of nitro groups is 1. The highest BCUT2D eigenvalue weighted by Gasteiger charge is 2.20. The third-order valence-electron chi connectivity index (χ3n) is 1.83. The Morgan fingerprint density at radius 2 is 2.18 bits per heavy atom. The van der Waals surface area contributed by atoms with Gasteiger partial charge in [0.2, 0.25) is 10.0 Å². The molecule has 0 aliphatic rings. The number of nitro benzene ring substituents is 1. The van der Waals surface area contributed by atoms with Gasteiger partial charge in [0.05, 0.1) is 11.0 Å². The fourth-order valence-corrected chi connectivity index (χ4v) is 2.12. The average Bonchev–Trinajstić information content (AvgIpc) is 2.25. The van der Waals surface area contributed by atoms with Gasteiger partial charge in [-0.05, 0) is 6.07 Å². The lowest BCUT2D eigenvalue weighted by Crippen LogP contribution is -2.24.